The van der Waals surface area contributed by atoms with Gasteiger partial charge in [-0.3, -0.25) is 0 Å². The minimum absolute atomic E-state index is 0.0152. The Morgan fingerprint density at radius 2 is 2.29 bits per heavy atom. The lowest BCUT2D eigenvalue weighted by atomic mass is 10.1. The van der Waals surface area contributed by atoms with Crippen molar-refractivity contribution in [3.8, 4) is 0 Å². The molecule has 1 unspecified atom stereocenters. The second-order valence-corrected chi connectivity index (χ2v) is 6.09. The molecule has 1 heterocycles. The lowest BCUT2D eigenvalue weighted by molar-refractivity contribution is -0.00466. The number of halogens is 1. The summed E-state index contributed by atoms with van der Waals surface area (Å²) in [5.41, 5.74) is 6.42. The molecule has 1 aliphatic heterocycles. The highest BCUT2D eigenvalue weighted by Gasteiger charge is 2.31. The number of nitrogen functional groups attached to an aromatic ring is 1. The van der Waals surface area contributed by atoms with Crippen LogP contribution in [-0.2, 0) is 4.74 Å². The maximum atomic E-state index is 13.1. The van der Waals surface area contributed by atoms with Crippen LogP contribution >= 0.6 is 11.8 Å². The van der Waals surface area contributed by atoms with Gasteiger partial charge < -0.3 is 10.5 Å². The summed E-state index contributed by atoms with van der Waals surface area (Å²) in [6, 6.07) is 4.48. The highest BCUT2D eigenvalue weighted by atomic mass is 32.2. The standard InChI is InChI=1S/C13H18FNOS/c1-13(2)6-5-10(16-13)8-17-12-7-9(14)3-4-11(12)15/h3-4,7,10H,5-6,8,15H2,1-2H3. The number of nitrogens with two attached hydrogens (primary N) is 1. The van der Waals surface area contributed by atoms with E-state index in [1.54, 1.807) is 17.8 Å². The van der Waals surface area contributed by atoms with Gasteiger partial charge in [0.2, 0.25) is 0 Å². The Bertz CT molecular complexity index is 408. The minimum atomic E-state index is -0.241. The zero-order valence-electron chi connectivity index (χ0n) is 10.2. The molecule has 1 aromatic rings. The number of rotatable bonds is 3. The van der Waals surface area contributed by atoms with E-state index >= 15 is 0 Å². The van der Waals surface area contributed by atoms with Crippen LogP contribution in [0.5, 0.6) is 0 Å². The molecule has 1 aliphatic rings. The van der Waals surface area contributed by atoms with Crippen molar-refractivity contribution in [3.63, 3.8) is 0 Å². The van der Waals surface area contributed by atoms with Gasteiger partial charge in [-0.05, 0) is 44.9 Å². The second kappa shape index (κ2) is 4.86. The van der Waals surface area contributed by atoms with Crippen LogP contribution in [0.15, 0.2) is 23.1 Å². The number of benzene rings is 1. The van der Waals surface area contributed by atoms with Gasteiger partial charge in [0.1, 0.15) is 5.82 Å². The molecule has 0 amide bonds. The average Bonchev–Trinajstić information content (AvgIpc) is 2.60. The van der Waals surface area contributed by atoms with Gasteiger partial charge in [0.25, 0.3) is 0 Å². The first kappa shape index (κ1) is 12.7. The fourth-order valence-corrected chi connectivity index (χ4v) is 3.04. The Morgan fingerprint density at radius 3 is 2.94 bits per heavy atom. The first-order valence-corrected chi connectivity index (χ1v) is 6.80. The summed E-state index contributed by atoms with van der Waals surface area (Å²) >= 11 is 1.57. The predicted molar refractivity (Wildman–Crippen MR) is 69.7 cm³/mol. The minimum Gasteiger partial charge on any atom is -0.398 e. The van der Waals surface area contributed by atoms with Crippen LogP contribution in [-0.4, -0.2) is 17.5 Å². The van der Waals surface area contributed by atoms with Crippen molar-refractivity contribution in [3.05, 3.63) is 24.0 Å². The van der Waals surface area contributed by atoms with Gasteiger partial charge >= 0.3 is 0 Å². The lowest BCUT2D eigenvalue weighted by Gasteiger charge is -2.19. The largest absolute Gasteiger partial charge is 0.398 e. The molecule has 1 fully saturated rings. The molecule has 4 heteroatoms. The summed E-state index contributed by atoms with van der Waals surface area (Å²) in [7, 11) is 0. The van der Waals surface area contributed by atoms with Gasteiger partial charge in [-0.2, -0.15) is 0 Å². The van der Waals surface area contributed by atoms with Gasteiger partial charge in [0, 0.05) is 16.3 Å². The molecule has 2 rings (SSSR count). The third-order valence-corrected chi connectivity index (χ3v) is 4.16. The monoisotopic (exact) mass is 255 g/mol. The van der Waals surface area contributed by atoms with Crippen LogP contribution in [0.3, 0.4) is 0 Å². The fourth-order valence-electron chi connectivity index (χ4n) is 2.01. The Morgan fingerprint density at radius 1 is 1.53 bits per heavy atom. The van der Waals surface area contributed by atoms with E-state index in [9.17, 15) is 4.39 Å². The first-order valence-electron chi connectivity index (χ1n) is 5.82. The molecular formula is C13H18FNOS. The summed E-state index contributed by atoms with van der Waals surface area (Å²) in [4.78, 5) is 0.804. The van der Waals surface area contributed by atoms with Crippen molar-refractivity contribution in [2.45, 2.75) is 43.3 Å². The highest BCUT2D eigenvalue weighted by Crippen LogP contribution is 2.34. The van der Waals surface area contributed by atoms with E-state index in [2.05, 4.69) is 13.8 Å². The van der Waals surface area contributed by atoms with E-state index in [0.717, 1.165) is 23.5 Å². The van der Waals surface area contributed by atoms with Crippen molar-refractivity contribution in [2.24, 2.45) is 0 Å². The molecule has 0 aliphatic carbocycles. The summed E-state index contributed by atoms with van der Waals surface area (Å²) in [6.45, 7) is 4.21. The second-order valence-electron chi connectivity index (χ2n) is 5.03. The molecule has 2 N–H and O–H groups in total. The van der Waals surface area contributed by atoms with E-state index in [0.29, 0.717) is 5.69 Å². The molecule has 0 saturated carbocycles. The average molecular weight is 255 g/mol. The molecule has 2 nitrogen and oxygen atoms in total. The molecule has 94 valence electrons. The fraction of sp³-hybridized carbons (Fsp3) is 0.538. The van der Waals surface area contributed by atoms with Crippen LogP contribution in [0.4, 0.5) is 10.1 Å². The molecule has 1 aromatic carbocycles. The van der Waals surface area contributed by atoms with Gasteiger partial charge in [0.05, 0.1) is 11.7 Å². The van der Waals surface area contributed by atoms with Crippen LogP contribution in [0, 0.1) is 5.82 Å². The molecular weight excluding hydrogens is 237 g/mol. The smallest absolute Gasteiger partial charge is 0.124 e. The number of anilines is 1. The zero-order chi connectivity index (χ0) is 12.5. The van der Waals surface area contributed by atoms with E-state index in [-0.39, 0.29) is 17.5 Å². The third-order valence-electron chi connectivity index (χ3n) is 2.95. The van der Waals surface area contributed by atoms with Crippen LogP contribution in [0.2, 0.25) is 0 Å². The molecule has 0 radical (unpaired) electrons. The van der Waals surface area contributed by atoms with Gasteiger partial charge in [-0.15, -0.1) is 11.8 Å². The Hall–Kier alpha value is -0.740. The van der Waals surface area contributed by atoms with E-state index < -0.39 is 0 Å². The lowest BCUT2D eigenvalue weighted by Crippen LogP contribution is -2.21. The number of hydrogen-bond acceptors (Lipinski definition) is 3. The zero-order valence-corrected chi connectivity index (χ0v) is 11.0. The molecule has 0 spiro atoms. The summed E-state index contributed by atoms with van der Waals surface area (Å²) in [5, 5.41) is 0. The maximum Gasteiger partial charge on any atom is 0.124 e. The molecule has 1 atom stereocenters. The Kier molecular flexibility index (Phi) is 3.64. The molecule has 17 heavy (non-hydrogen) atoms. The van der Waals surface area contributed by atoms with Crippen molar-refractivity contribution >= 4 is 17.4 Å². The number of ether oxygens (including phenoxy) is 1. The predicted octanol–water partition coefficient (Wildman–Crippen LogP) is 3.46. The molecule has 0 aromatic heterocycles. The topological polar surface area (TPSA) is 35.2 Å². The van der Waals surface area contributed by atoms with E-state index in [1.165, 1.54) is 12.1 Å². The summed E-state index contributed by atoms with van der Waals surface area (Å²) < 4.78 is 19.0. The van der Waals surface area contributed by atoms with Crippen LogP contribution in [0.25, 0.3) is 0 Å². The van der Waals surface area contributed by atoms with Gasteiger partial charge in [-0.1, -0.05) is 0 Å². The van der Waals surface area contributed by atoms with Gasteiger partial charge in [0.15, 0.2) is 0 Å². The quantitative estimate of drug-likeness (QED) is 0.663. The van der Waals surface area contributed by atoms with E-state index in [1.807, 2.05) is 0 Å². The van der Waals surface area contributed by atoms with Gasteiger partial charge in [-0.25, -0.2) is 4.39 Å². The SMILES string of the molecule is CC1(C)CCC(CSc2cc(F)ccc2N)O1. The highest BCUT2D eigenvalue weighted by molar-refractivity contribution is 7.99. The van der Waals surface area contributed by atoms with Crippen LogP contribution in [0.1, 0.15) is 26.7 Å². The summed E-state index contributed by atoms with van der Waals surface area (Å²) in [6.07, 6.45) is 2.39. The Labute approximate surface area is 106 Å². The van der Waals surface area contributed by atoms with Crippen molar-refractivity contribution in [1.29, 1.82) is 0 Å². The van der Waals surface area contributed by atoms with Crippen LogP contribution < -0.4 is 5.73 Å². The van der Waals surface area contributed by atoms with E-state index in [4.69, 9.17) is 10.5 Å². The Balaban J connectivity index is 1.92. The maximum absolute atomic E-state index is 13.1. The summed E-state index contributed by atoms with van der Waals surface area (Å²) in [5.74, 6) is 0.589. The van der Waals surface area contributed by atoms with Crippen molar-refractivity contribution in [2.75, 3.05) is 11.5 Å². The van der Waals surface area contributed by atoms with Crippen molar-refractivity contribution < 1.29 is 9.13 Å². The molecule has 1 saturated heterocycles. The number of hydrogen-bond donors (Lipinski definition) is 1. The third kappa shape index (κ3) is 3.36. The molecule has 0 bridgehead atoms. The first-order chi connectivity index (χ1) is 7.96. The number of thioether (sulfide) groups is 1. The normalized spacial score (nSPS) is 22.9. The van der Waals surface area contributed by atoms with Crippen molar-refractivity contribution in [1.82, 2.24) is 0 Å².